The van der Waals surface area contributed by atoms with E-state index in [2.05, 4.69) is 47.5 Å². The molecule has 1 N–H and O–H groups in total. The highest BCUT2D eigenvalue weighted by molar-refractivity contribution is 5.78. The van der Waals surface area contributed by atoms with Gasteiger partial charge in [-0.25, -0.2) is 0 Å². The lowest BCUT2D eigenvalue weighted by Crippen LogP contribution is -2.51. The minimum Gasteiger partial charge on any atom is -0.497 e. The highest BCUT2D eigenvalue weighted by Crippen LogP contribution is 2.17. The number of aryl methyl sites for hydroxylation is 1. The molecule has 0 saturated carbocycles. The minimum absolute atomic E-state index is 0.185. The van der Waals surface area contributed by atoms with Gasteiger partial charge in [-0.15, -0.1) is 0 Å². The Labute approximate surface area is 161 Å². The standard InChI is InChI=1S/C22H29N3O2/c1-18-5-3-7-20(15-18)24-11-13-25(14-12-24)22(26)17-23-10-9-19-6-4-8-21(16-19)27-2/h3-8,15-16,23H,9-14,17H2,1-2H3. The van der Waals surface area contributed by atoms with Crippen LogP contribution in [-0.2, 0) is 11.2 Å². The van der Waals surface area contributed by atoms with Crippen molar-refractivity contribution < 1.29 is 9.53 Å². The average molecular weight is 367 g/mol. The molecule has 0 spiro atoms. The Balaban J connectivity index is 1.38. The molecule has 3 rings (SSSR count). The van der Waals surface area contributed by atoms with Crippen LogP contribution in [0.3, 0.4) is 0 Å². The van der Waals surface area contributed by atoms with Crippen molar-refractivity contribution in [3.8, 4) is 5.75 Å². The van der Waals surface area contributed by atoms with Gasteiger partial charge in [0, 0.05) is 31.9 Å². The summed E-state index contributed by atoms with van der Waals surface area (Å²) in [5.74, 6) is 1.06. The number of rotatable bonds is 7. The van der Waals surface area contributed by atoms with Gasteiger partial charge in [-0.2, -0.15) is 0 Å². The van der Waals surface area contributed by atoms with Gasteiger partial charge in [0.25, 0.3) is 0 Å². The topological polar surface area (TPSA) is 44.8 Å². The van der Waals surface area contributed by atoms with E-state index in [9.17, 15) is 4.79 Å². The van der Waals surface area contributed by atoms with Gasteiger partial charge in [-0.05, 0) is 55.3 Å². The average Bonchev–Trinajstić information content (AvgIpc) is 2.71. The van der Waals surface area contributed by atoms with E-state index in [0.29, 0.717) is 6.54 Å². The molecule has 2 aromatic carbocycles. The Hall–Kier alpha value is -2.53. The molecule has 0 bridgehead atoms. The van der Waals surface area contributed by atoms with Crippen molar-refractivity contribution in [1.82, 2.24) is 10.2 Å². The van der Waals surface area contributed by atoms with Gasteiger partial charge in [-0.1, -0.05) is 24.3 Å². The third-order valence-corrected chi connectivity index (χ3v) is 5.00. The normalized spacial score (nSPS) is 14.3. The number of anilines is 1. The van der Waals surface area contributed by atoms with Crippen LogP contribution in [0.2, 0.25) is 0 Å². The SMILES string of the molecule is COc1cccc(CCNCC(=O)N2CCN(c3cccc(C)c3)CC2)c1. The van der Waals surface area contributed by atoms with Crippen LogP contribution in [0.4, 0.5) is 5.69 Å². The van der Waals surface area contributed by atoms with E-state index in [1.54, 1.807) is 7.11 Å². The maximum absolute atomic E-state index is 12.4. The van der Waals surface area contributed by atoms with Crippen molar-refractivity contribution in [3.63, 3.8) is 0 Å². The van der Waals surface area contributed by atoms with Crippen molar-refractivity contribution in [3.05, 3.63) is 59.7 Å². The molecular formula is C22H29N3O2. The van der Waals surface area contributed by atoms with Gasteiger partial charge in [0.2, 0.25) is 5.91 Å². The fraction of sp³-hybridized carbons (Fsp3) is 0.409. The number of carbonyl (C=O) groups excluding carboxylic acids is 1. The Morgan fingerprint density at radius 1 is 1.07 bits per heavy atom. The van der Waals surface area contributed by atoms with Crippen LogP contribution in [0.15, 0.2) is 48.5 Å². The van der Waals surface area contributed by atoms with Crippen molar-refractivity contribution in [2.75, 3.05) is 51.3 Å². The quantitative estimate of drug-likeness (QED) is 0.764. The third kappa shape index (κ3) is 5.47. The van der Waals surface area contributed by atoms with Crippen LogP contribution in [0.5, 0.6) is 5.75 Å². The van der Waals surface area contributed by atoms with E-state index in [0.717, 1.165) is 44.9 Å². The number of benzene rings is 2. The van der Waals surface area contributed by atoms with Crippen LogP contribution in [-0.4, -0.2) is 57.2 Å². The summed E-state index contributed by atoms with van der Waals surface area (Å²) in [5, 5.41) is 3.27. The summed E-state index contributed by atoms with van der Waals surface area (Å²) in [5.41, 5.74) is 3.73. The number of carbonyl (C=O) groups is 1. The van der Waals surface area contributed by atoms with Gasteiger partial charge in [0.05, 0.1) is 13.7 Å². The second-order valence-corrected chi connectivity index (χ2v) is 6.99. The first-order chi connectivity index (χ1) is 13.2. The molecule has 1 fully saturated rings. The van der Waals surface area contributed by atoms with Gasteiger partial charge in [0.1, 0.15) is 5.75 Å². The summed E-state index contributed by atoms with van der Waals surface area (Å²) >= 11 is 0. The molecule has 0 aromatic heterocycles. The number of nitrogens with zero attached hydrogens (tertiary/aromatic N) is 2. The zero-order chi connectivity index (χ0) is 19.1. The fourth-order valence-electron chi connectivity index (χ4n) is 3.41. The van der Waals surface area contributed by atoms with Crippen LogP contribution in [0.1, 0.15) is 11.1 Å². The van der Waals surface area contributed by atoms with E-state index < -0.39 is 0 Å². The van der Waals surface area contributed by atoms with E-state index in [4.69, 9.17) is 4.74 Å². The molecular weight excluding hydrogens is 338 g/mol. The zero-order valence-electron chi connectivity index (χ0n) is 16.3. The van der Waals surface area contributed by atoms with Crippen LogP contribution < -0.4 is 15.0 Å². The van der Waals surface area contributed by atoms with Crippen LogP contribution in [0, 0.1) is 6.92 Å². The predicted molar refractivity (Wildman–Crippen MR) is 110 cm³/mol. The highest BCUT2D eigenvalue weighted by Gasteiger charge is 2.20. The molecule has 1 aliphatic heterocycles. The lowest BCUT2D eigenvalue weighted by atomic mass is 10.1. The summed E-state index contributed by atoms with van der Waals surface area (Å²) in [6.07, 6.45) is 0.881. The Morgan fingerprint density at radius 3 is 2.59 bits per heavy atom. The summed E-state index contributed by atoms with van der Waals surface area (Å²) < 4.78 is 5.24. The summed E-state index contributed by atoms with van der Waals surface area (Å²) in [7, 11) is 1.68. The van der Waals surface area contributed by atoms with E-state index in [-0.39, 0.29) is 5.91 Å². The molecule has 1 amide bonds. The lowest BCUT2D eigenvalue weighted by Gasteiger charge is -2.36. The maximum atomic E-state index is 12.4. The first-order valence-corrected chi connectivity index (χ1v) is 9.59. The molecule has 1 saturated heterocycles. The van der Waals surface area contributed by atoms with Crippen LogP contribution in [0.25, 0.3) is 0 Å². The molecule has 144 valence electrons. The van der Waals surface area contributed by atoms with Gasteiger partial charge in [-0.3, -0.25) is 4.79 Å². The number of hydrogen-bond acceptors (Lipinski definition) is 4. The van der Waals surface area contributed by atoms with Crippen molar-refractivity contribution in [2.24, 2.45) is 0 Å². The molecule has 0 unspecified atom stereocenters. The first-order valence-electron chi connectivity index (χ1n) is 9.59. The van der Waals surface area contributed by atoms with Crippen molar-refractivity contribution in [1.29, 1.82) is 0 Å². The predicted octanol–water partition coefficient (Wildman–Crippen LogP) is 2.48. The summed E-state index contributed by atoms with van der Waals surface area (Å²) in [6, 6.07) is 16.6. The molecule has 0 aliphatic carbocycles. The number of nitrogens with one attached hydrogen (secondary N) is 1. The molecule has 1 aliphatic rings. The molecule has 1 heterocycles. The van der Waals surface area contributed by atoms with Crippen LogP contribution >= 0.6 is 0 Å². The molecule has 0 atom stereocenters. The number of ether oxygens (including phenoxy) is 1. The smallest absolute Gasteiger partial charge is 0.236 e. The fourth-order valence-corrected chi connectivity index (χ4v) is 3.41. The monoisotopic (exact) mass is 367 g/mol. The summed E-state index contributed by atoms with van der Waals surface area (Å²) in [4.78, 5) is 16.7. The largest absolute Gasteiger partial charge is 0.497 e. The van der Waals surface area contributed by atoms with Gasteiger partial charge >= 0.3 is 0 Å². The molecule has 5 heteroatoms. The maximum Gasteiger partial charge on any atom is 0.236 e. The Morgan fingerprint density at radius 2 is 1.85 bits per heavy atom. The van der Waals surface area contributed by atoms with Crippen molar-refractivity contribution in [2.45, 2.75) is 13.3 Å². The number of piperazine rings is 1. The minimum atomic E-state index is 0.185. The molecule has 5 nitrogen and oxygen atoms in total. The number of hydrogen-bond donors (Lipinski definition) is 1. The van der Waals surface area contributed by atoms with E-state index in [1.807, 2.05) is 23.1 Å². The lowest BCUT2D eigenvalue weighted by molar-refractivity contribution is -0.130. The number of methoxy groups -OCH3 is 1. The van der Waals surface area contributed by atoms with E-state index in [1.165, 1.54) is 16.8 Å². The highest BCUT2D eigenvalue weighted by atomic mass is 16.5. The first kappa shape index (κ1) is 19.2. The van der Waals surface area contributed by atoms with E-state index >= 15 is 0 Å². The summed E-state index contributed by atoms with van der Waals surface area (Å²) in [6.45, 7) is 6.63. The Kier molecular flexibility index (Phi) is 6.71. The Bertz CT molecular complexity index is 755. The van der Waals surface area contributed by atoms with Gasteiger partial charge in [0.15, 0.2) is 0 Å². The number of amides is 1. The van der Waals surface area contributed by atoms with Crippen molar-refractivity contribution >= 4 is 11.6 Å². The molecule has 2 aromatic rings. The van der Waals surface area contributed by atoms with Gasteiger partial charge < -0.3 is 19.9 Å². The molecule has 0 radical (unpaired) electrons. The molecule has 27 heavy (non-hydrogen) atoms. The third-order valence-electron chi connectivity index (χ3n) is 5.00. The second-order valence-electron chi connectivity index (χ2n) is 6.99. The zero-order valence-corrected chi connectivity index (χ0v) is 16.3. The second kappa shape index (κ2) is 9.42.